The fraction of sp³-hybridized carbons (Fsp3) is 0.400. The molecule has 3 aromatic rings. The van der Waals surface area contributed by atoms with E-state index in [4.69, 9.17) is 9.51 Å². The summed E-state index contributed by atoms with van der Waals surface area (Å²) in [5.41, 5.74) is 3.39. The van der Waals surface area contributed by atoms with Crippen LogP contribution in [0.1, 0.15) is 37.0 Å². The molecule has 1 amide bonds. The fourth-order valence-electron chi connectivity index (χ4n) is 3.46. The van der Waals surface area contributed by atoms with Crippen LogP contribution in [0.3, 0.4) is 0 Å². The van der Waals surface area contributed by atoms with Gasteiger partial charge in [-0.25, -0.2) is 9.78 Å². The lowest BCUT2D eigenvalue weighted by Crippen LogP contribution is -2.29. The molecule has 0 fully saturated rings. The second-order valence-corrected chi connectivity index (χ2v) is 8.33. The van der Waals surface area contributed by atoms with E-state index in [1.807, 2.05) is 18.2 Å². The van der Waals surface area contributed by atoms with Gasteiger partial charge in [0.25, 0.3) is 5.91 Å². The molecule has 0 spiro atoms. The molecule has 1 aliphatic heterocycles. The van der Waals surface area contributed by atoms with Crippen molar-refractivity contribution in [1.29, 1.82) is 0 Å². The summed E-state index contributed by atoms with van der Waals surface area (Å²) in [6, 6.07) is 5.41. The quantitative estimate of drug-likeness (QED) is 0.695. The molecule has 0 aliphatic carbocycles. The van der Waals surface area contributed by atoms with Crippen molar-refractivity contribution in [3.63, 3.8) is 0 Å². The number of carbonyl (C=O) groups excluding carboxylic acids is 1. The summed E-state index contributed by atoms with van der Waals surface area (Å²) in [5.74, 6) is -0.176. The molecule has 0 saturated heterocycles. The van der Waals surface area contributed by atoms with E-state index in [-0.39, 0.29) is 17.0 Å². The summed E-state index contributed by atoms with van der Waals surface area (Å²) >= 11 is 0. The molecule has 0 saturated carbocycles. The first kappa shape index (κ1) is 18.2. The number of aromatic nitrogens is 4. The predicted molar refractivity (Wildman–Crippen MR) is 105 cm³/mol. The summed E-state index contributed by atoms with van der Waals surface area (Å²) in [7, 11) is 1.74. The molecule has 1 aliphatic rings. The number of aryl methyl sites for hydroxylation is 1. The largest absolute Gasteiger partial charge is 0.364 e. The normalized spacial score (nSPS) is 14.7. The maximum absolute atomic E-state index is 12.7. The molecule has 3 aromatic heterocycles. The summed E-state index contributed by atoms with van der Waals surface area (Å²) in [6.45, 7) is 7.86. The van der Waals surface area contributed by atoms with Gasteiger partial charge in [-0.1, -0.05) is 32.0 Å². The average Bonchev–Trinajstić information content (AvgIpc) is 3.38. The Morgan fingerprint density at radius 3 is 2.71 bits per heavy atom. The van der Waals surface area contributed by atoms with Gasteiger partial charge in [0, 0.05) is 32.7 Å². The minimum atomic E-state index is -0.176. The Morgan fingerprint density at radius 2 is 2.04 bits per heavy atom. The van der Waals surface area contributed by atoms with E-state index >= 15 is 0 Å². The number of amides is 1. The van der Waals surface area contributed by atoms with Gasteiger partial charge in [-0.2, -0.15) is 0 Å². The highest BCUT2D eigenvalue weighted by atomic mass is 16.5. The Kier molecular flexibility index (Phi) is 4.21. The monoisotopic (exact) mass is 381 g/mol. The maximum atomic E-state index is 12.7. The molecule has 146 valence electrons. The summed E-state index contributed by atoms with van der Waals surface area (Å²) in [6.07, 6.45) is 3.37. The van der Waals surface area contributed by atoms with Crippen molar-refractivity contribution in [2.24, 2.45) is 12.5 Å². The van der Waals surface area contributed by atoms with E-state index in [2.05, 4.69) is 25.9 Å². The number of nitrogens with zero attached hydrogens (tertiary/aromatic N) is 5. The highest BCUT2D eigenvalue weighted by molar-refractivity contribution is 5.94. The number of hydrogen-bond acceptors (Lipinski definition) is 5. The molecule has 0 atom stereocenters. The van der Waals surface area contributed by atoms with Crippen LogP contribution >= 0.6 is 0 Å². The standard InChI is InChI=1S/C20H23N5O3/c1-20(2,3)12-25-16-6-5-14(21-17(16)23(4)19(25)27)13-7-9-24(11-13)18(26)15-8-10-28-22-15/h5-8,10H,9,11-12H2,1-4H3. The van der Waals surface area contributed by atoms with Crippen LogP contribution in [0.4, 0.5) is 0 Å². The Labute approximate surface area is 162 Å². The van der Waals surface area contributed by atoms with Crippen LogP contribution in [0.25, 0.3) is 16.7 Å². The van der Waals surface area contributed by atoms with Crippen LogP contribution in [-0.4, -0.2) is 43.2 Å². The molecule has 0 radical (unpaired) electrons. The van der Waals surface area contributed by atoms with Gasteiger partial charge in [-0.15, -0.1) is 0 Å². The smallest absolute Gasteiger partial charge is 0.330 e. The topological polar surface area (TPSA) is 86.2 Å². The Morgan fingerprint density at radius 1 is 1.25 bits per heavy atom. The Balaban J connectivity index is 1.63. The van der Waals surface area contributed by atoms with E-state index in [1.165, 1.54) is 6.26 Å². The maximum Gasteiger partial charge on any atom is 0.330 e. The molecule has 4 rings (SSSR count). The van der Waals surface area contributed by atoms with Crippen molar-refractivity contribution >= 4 is 22.6 Å². The zero-order chi connectivity index (χ0) is 20.1. The van der Waals surface area contributed by atoms with Gasteiger partial charge in [0.15, 0.2) is 11.3 Å². The SMILES string of the molecule is Cn1c(=O)n(CC(C)(C)C)c2ccc(C3=CCN(C(=O)c4ccon4)C3)nc21. The number of rotatable bonds is 3. The third-order valence-corrected chi connectivity index (χ3v) is 4.81. The van der Waals surface area contributed by atoms with E-state index in [9.17, 15) is 9.59 Å². The van der Waals surface area contributed by atoms with Crippen LogP contribution in [0.5, 0.6) is 0 Å². The van der Waals surface area contributed by atoms with Crippen molar-refractivity contribution in [2.45, 2.75) is 27.3 Å². The molecule has 8 nitrogen and oxygen atoms in total. The first-order valence-corrected chi connectivity index (χ1v) is 9.20. The van der Waals surface area contributed by atoms with Crippen molar-refractivity contribution < 1.29 is 9.32 Å². The molecule has 0 N–H and O–H groups in total. The first-order valence-electron chi connectivity index (χ1n) is 9.20. The van der Waals surface area contributed by atoms with Crippen LogP contribution < -0.4 is 5.69 Å². The highest BCUT2D eigenvalue weighted by Gasteiger charge is 2.25. The minimum absolute atomic E-state index is 0.0211. The van der Waals surface area contributed by atoms with Gasteiger partial charge < -0.3 is 9.42 Å². The lowest BCUT2D eigenvalue weighted by molar-refractivity contribution is 0.0791. The minimum Gasteiger partial charge on any atom is -0.364 e. The molecule has 0 aromatic carbocycles. The van der Waals surface area contributed by atoms with Crippen LogP contribution in [0.15, 0.2) is 39.9 Å². The zero-order valence-electron chi connectivity index (χ0n) is 16.5. The molecule has 0 unspecified atom stereocenters. The summed E-state index contributed by atoms with van der Waals surface area (Å²) < 4.78 is 8.11. The highest BCUT2D eigenvalue weighted by Crippen LogP contribution is 2.24. The molecular formula is C20H23N5O3. The van der Waals surface area contributed by atoms with Crippen LogP contribution in [0, 0.1) is 5.41 Å². The van der Waals surface area contributed by atoms with Gasteiger partial charge in [-0.05, 0) is 23.1 Å². The summed E-state index contributed by atoms with van der Waals surface area (Å²) in [4.78, 5) is 31.5. The number of imidazole rings is 1. The summed E-state index contributed by atoms with van der Waals surface area (Å²) in [5, 5.41) is 3.71. The first-order chi connectivity index (χ1) is 13.2. The third-order valence-electron chi connectivity index (χ3n) is 4.81. The van der Waals surface area contributed by atoms with E-state index in [1.54, 1.807) is 27.1 Å². The number of hydrogen-bond donors (Lipinski definition) is 0. The van der Waals surface area contributed by atoms with Gasteiger partial charge in [0.2, 0.25) is 0 Å². The second kappa shape index (κ2) is 6.47. The molecule has 4 heterocycles. The number of fused-ring (bicyclic) bond motifs is 1. The van der Waals surface area contributed by atoms with Gasteiger partial charge >= 0.3 is 5.69 Å². The van der Waals surface area contributed by atoms with Crippen molar-refractivity contribution in [2.75, 3.05) is 13.1 Å². The second-order valence-electron chi connectivity index (χ2n) is 8.33. The Bertz CT molecular complexity index is 1130. The lowest BCUT2D eigenvalue weighted by Gasteiger charge is -2.18. The van der Waals surface area contributed by atoms with Crippen molar-refractivity contribution in [3.8, 4) is 0 Å². The number of carbonyl (C=O) groups is 1. The van der Waals surface area contributed by atoms with Crippen LogP contribution in [-0.2, 0) is 13.6 Å². The van der Waals surface area contributed by atoms with E-state index < -0.39 is 0 Å². The third kappa shape index (κ3) is 3.15. The van der Waals surface area contributed by atoms with Crippen molar-refractivity contribution in [3.05, 3.63) is 52.4 Å². The zero-order valence-corrected chi connectivity index (χ0v) is 16.5. The molecule has 28 heavy (non-hydrogen) atoms. The van der Waals surface area contributed by atoms with Crippen molar-refractivity contribution in [1.82, 2.24) is 24.2 Å². The van der Waals surface area contributed by atoms with Gasteiger partial charge in [0.05, 0.1) is 11.2 Å². The Hall–Kier alpha value is -3.16. The molecular weight excluding hydrogens is 358 g/mol. The predicted octanol–water partition coefficient (Wildman–Crippen LogP) is 2.31. The van der Waals surface area contributed by atoms with Gasteiger partial charge in [0.1, 0.15) is 6.26 Å². The average molecular weight is 381 g/mol. The molecule has 8 heteroatoms. The fourth-order valence-corrected chi connectivity index (χ4v) is 3.46. The van der Waals surface area contributed by atoms with E-state index in [0.717, 1.165) is 16.8 Å². The lowest BCUT2D eigenvalue weighted by atomic mass is 9.97. The van der Waals surface area contributed by atoms with Crippen LogP contribution in [0.2, 0.25) is 0 Å². The number of pyridine rings is 1. The van der Waals surface area contributed by atoms with E-state index in [0.29, 0.717) is 31.0 Å². The molecule has 0 bridgehead atoms. The van der Waals surface area contributed by atoms with Gasteiger partial charge in [-0.3, -0.25) is 13.9 Å².